The van der Waals surface area contributed by atoms with Crippen LogP contribution in [0.5, 0.6) is 5.75 Å². The van der Waals surface area contributed by atoms with Gasteiger partial charge in [0.25, 0.3) is 0 Å². The molecule has 0 spiro atoms. The maximum Gasteiger partial charge on any atom is 0.144 e. The number of rotatable bonds is 0. The van der Waals surface area contributed by atoms with E-state index in [-0.39, 0.29) is 0 Å². The van der Waals surface area contributed by atoms with Crippen LogP contribution in [0.15, 0.2) is 18.2 Å². The summed E-state index contributed by atoms with van der Waals surface area (Å²) in [6, 6.07) is 6.11. The minimum Gasteiger partial charge on any atom is -0.505 e. The van der Waals surface area contributed by atoms with Crippen LogP contribution in [0.1, 0.15) is 11.3 Å². The van der Waals surface area contributed by atoms with Gasteiger partial charge in [-0.3, -0.25) is 0 Å². The fraction of sp³-hybridized carbons (Fsp3) is 0.273. The molecule has 0 saturated heterocycles. The van der Waals surface area contributed by atoms with Crippen molar-refractivity contribution >= 4 is 10.9 Å². The maximum absolute atomic E-state index is 9.78. The lowest BCUT2D eigenvalue weighted by atomic mass is 10.2. The van der Waals surface area contributed by atoms with Crippen LogP contribution in [-0.4, -0.2) is 9.67 Å². The van der Waals surface area contributed by atoms with Gasteiger partial charge in [0.15, 0.2) is 0 Å². The minimum absolute atomic E-state index is 0.404. The van der Waals surface area contributed by atoms with Gasteiger partial charge in [-0.05, 0) is 26.0 Å². The monoisotopic (exact) mass is 175 g/mol. The van der Waals surface area contributed by atoms with Crippen LogP contribution in [0, 0.1) is 13.8 Å². The first-order valence-electron chi connectivity index (χ1n) is 4.36. The molecular weight excluding hydrogens is 162 g/mol. The number of fused-ring (bicyclic) bond motifs is 1. The van der Waals surface area contributed by atoms with Gasteiger partial charge in [0, 0.05) is 12.4 Å². The second-order valence-electron chi connectivity index (χ2n) is 3.51. The average molecular weight is 175 g/mol. The molecule has 0 aliphatic rings. The van der Waals surface area contributed by atoms with Gasteiger partial charge in [-0.2, -0.15) is 0 Å². The maximum atomic E-state index is 9.78. The third-order valence-electron chi connectivity index (χ3n) is 2.61. The predicted octanol–water partition coefficient (Wildman–Crippen LogP) is 2.50. The van der Waals surface area contributed by atoms with E-state index in [1.54, 1.807) is 0 Å². The molecule has 1 aromatic carbocycles. The second kappa shape index (κ2) is 2.52. The highest BCUT2D eigenvalue weighted by atomic mass is 16.3. The van der Waals surface area contributed by atoms with Gasteiger partial charge in [0.2, 0.25) is 0 Å². The van der Waals surface area contributed by atoms with E-state index in [0.717, 1.165) is 16.6 Å². The first-order valence-corrected chi connectivity index (χ1v) is 4.36. The fourth-order valence-electron chi connectivity index (χ4n) is 1.67. The molecule has 1 heterocycles. The molecule has 0 fully saturated rings. The summed E-state index contributed by atoms with van der Waals surface area (Å²) in [6.07, 6.45) is 0. The number of benzene rings is 1. The van der Waals surface area contributed by atoms with Crippen molar-refractivity contribution in [2.24, 2.45) is 7.05 Å². The van der Waals surface area contributed by atoms with Crippen molar-refractivity contribution in [2.75, 3.05) is 0 Å². The van der Waals surface area contributed by atoms with E-state index in [0.29, 0.717) is 5.75 Å². The van der Waals surface area contributed by atoms with E-state index >= 15 is 0 Å². The van der Waals surface area contributed by atoms with E-state index in [1.807, 2.05) is 37.6 Å². The van der Waals surface area contributed by atoms with Crippen molar-refractivity contribution in [2.45, 2.75) is 13.8 Å². The molecule has 0 unspecified atom stereocenters. The standard InChI is InChI=1S/C11H13NO/c1-7-4-5-10-9(6-7)11(13)8(2)12(10)3/h4-6,13H,1-3H3. The summed E-state index contributed by atoms with van der Waals surface area (Å²) >= 11 is 0. The van der Waals surface area contributed by atoms with Crippen LogP contribution in [0.2, 0.25) is 0 Å². The van der Waals surface area contributed by atoms with Gasteiger partial charge in [0.05, 0.1) is 11.2 Å². The molecule has 0 aliphatic heterocycles. The SMILES string of the molecule is Cc1ccc2c(c1)c(O)c(C)n2C. The number of hydrogen-bond donors (Lipinski definition) is 1. The van der Waals surface area contributed by atoms with Crippen molar-refractivity contribution in [1.29, 1.82) is 0 Å². The Morgan fingerprint density at radius 2 is 1.92 bits per heavy atom. The topological polar surface area (TPSA) is 25.2 Å². The van der Waals surface area contributed by atoms with Crippen LogP contribution in [0.3, 0.4) is 0 Å². The van der Waals surface area contributed by atoms with Gasteiger partial charge in [-0.1, -0.05) is 11.6 Å². The van der Waals surface area contributed by atoms with Crippen molar-refractivity contribution in [3.8, 4) is 5.75 Å². The van der Waals surface area contributed by atoms with E-state index < -0.39 is 0 Å². The quantitative estimate of drug-likeness (QED) is 0.653. The lowest BCUT2D eigenvalue weighted by Crippen LogP contribution is -1.88. The molecule has 2 rings (SSSR count). The number of aryl methyl sites for hydroxylation is 2. The lowest BCUT2D eigenvalue weighted by molar-refractivity contribution is 0.474. The van der Waals surface area contributed by atoms with Crippen LogP contribution in [0.4, 0.5) is 0 Å². The third kappa shape index (κ3) is 1.02. The first-order chi connectivity index (χ1) is 6.11. The highest BCUT2D eigenvalue weighted by Crippen LogP contribution is 2.30. The molecule has 0 atom stereocenters. The summed E-state index contributed by atoms with van der Waals surface area (Å²) in [6.45, 7) is 3.95. The van der Waals surface area contributed by atoms with Gasteiger partial charge < -0.3 is 9.67 Å². The number of aromatic nitrogens is 1. The zero-order valence-corrected chi connectivity index (χ0v) is 8.13. The Morgan fingerprint density at radius 1 is 1.23 bits per heavy atom. The van der Waals surface area contributed by atoms with Gasteiger partial charge in [-0.15, -0.1) is 0 Å². The number of hydrogen-bond acceptors (Lipinski definition) is 1. The summed E-state index contributed by atoms with van der Waals surface area (Å²) < 4.78 is 2.00. The van der Waals surface area contributed by atoms with Crippen LogP contribution >= 0.6 is 0 Å². The highest BCUT2D eigenvalue weighted by Gasteiger charge is 2.09. The average Bonchev–Trinajstić information content (AvgIpc) is 2.32. The Hall–Kier alpha value is -1.44. The number of aromatic hydroxyl groups is 1. The molecular formula is C11H13NO. The highest BCUT2D eigenvalue weighted by molar-refractivity contribution is 5.88. The number of nitrogens with zero attached hydrogens (tertiary/aromatic N) is 1. The van der Waals surface area contributed by atoms with Gasteiger partial charge in [0.1, 0.15) is 5.75 Å². The zero-order chi connectivity index (χ0) is 9.59. The third-order valence-corrected chi connectivity index (χ3v) is 2.61. The molecule has 2 nitrogen and oxygen atoms in total. The summed E-state index contributed by atoms with van der Waals surface area (Å²) in [5.74, 6) is 0.404. The molecule has 0 saturated carbocycles. The molecule has 2 heteroatoms. The Balaban J connectivity index is 2.95. The Labute approximate surface area is 77.4 Å². The molecule has 13 heavy (non-hydrogen) atoms. The molecule has 0 aliphatic carbocycles. The Bertz CT molecular complexity index is 468. The van der Waals surface area contributed by atoms with Crippen molar-refractivity contribution < 1.29 is 5.11 Å². The Morgan fingerprint density at radius 3 is 2.62 bits per heavy atom. The molecule has 0 radical (unpaired) electrons. The van der Waals surface area contributed by atoms with Gasteiger partial charge in [-0.25, -0.2) is 0 Å². The lowest BCUT2D eigenvalue weighted by Gasteiger charge is -1.97. The normalized spacial score (nSPS) is 11.0. The van der Waals surface area contributed by atoms with E-state index in [4.69, 9.17) is 0 Å². The summed E-state index contributed by atoms with van der Waals surface area (Å²) in [5, 5.41) is 10.7. The zero-order valence-electron chi connectivity index (χ0n) is 8.13. The Kier molecular flexibility index (Phi) is 1.59. The molecule has 0 amide bonds. The molecule has 68 valence electrons. The minimum atomic E-state index is 0.404. The molecule has 0 bridgehead atoms. The van der Waals surface area contributed by atoms with E-state index in [9.17, 15) is 5.11 Å². The molecule has 1 N–H and O–H groups in total. The second-order valence-corrected chi connectivity index (χ2v) is 3.51. The summed E-state index contributed by atoms with van der Waals surface area (Å²) in [5.41, 5.74) is 3.18. The fourth-order valence-corrected chi connectivity index (χ4v) is 1.67. The van der Waals surface area contributed by atoms with Crippen LogP contribution < -0.4 is 0 Å². The summed E-state index contributed by atoms with van der Waals surface area (Å²) in [4.78, 5) is 0. The smallest absolute Gasteiger partial charge is 0.144 e. The summed E-state index contributed by atoms with van der Waals surface area (Å²) in [7, 11) is 1.96. The van der Waals surface area contributed by atoms with E-state index in [1.165, 1.54) is 5.56 Å². The molecule has 1 aromatic heterocycles. The van der Waals surface area contributed by atoms with Crippen molar-refractivity contribution in [3.63, 3.8) is 0 Å². The van der Waals surface area contributed by atoms with Crippen molar-refractivity contribution in [1.82, 2.24) is 4.57 Å². The predicted molar refractivity (Wildman–Crippen MR) is 54.1 cm³/mol. The van der Waals surface area contributed by atoms with Crippen LogP contribution in [-0.2, 0) is 7.05 Å². The van der Waals surface area contributed by atoms with Crippen molar-refractivity contribution in [3.05, 3.63) is 29.5 Å². The van der Waals surface area contributed by atoms with E-state index in [2.05, 4.69) is 6.07 Å². The van der Waals surface area contributed by atoms with Gasteiger partial charge >= 0.3 is 0 Å². The molecule has 2 aromatic rings. The largest absolute Gasteiger partial charge is 0.505 e. The van der Waals surface area contributed by atoms with Crippen LogP contribution in [0.25, 0.3) is 10.9 Å². The first kappa shape index (κ1) is 8.17.